The normalized spacial score (nSPS) is 9.38. The van der Waals surface area contributed by atoms with Crippen molar-refractivity contribution in [3.63, 3.8) is 0 Å². The molecule has 2 aromatic heterocycles. The summed E-state index contributed by atoms with van der Waals surface area (Å²) in [5, 5.41) is 9.02. The summed E-state index contributed by atoms with van der Waals surface area (Å²) in [6.45, 7) is 4.00. The zero-order valence-electron chi connectivity index (χ0n) is 9.02. The minimum atomic E-state index is -1.23. The van der Waals surface area contributed by atoms with E-state index in [1.165, 1.54) is 24.7 Å². The van der Waals surface area contributed by atoms with E-state index in [-0.39, 0.29) is 5.56 Å². The third-order valence-electron chi connectivity index (χ3n) is 1.91. The number of fused-ring (bicyclic) bond motifs is 1. The molecule has 0 unspecified atom stereocenters. The van der Waals surface area contributed by atoms with Crippen LogP contribution in [0.2, 0.25) is 0 Å². The highest BCUT2D eigenvalue weighted by Crippen LogP contribution is 2.04. The molecular weight excluding hydrogens is 208 g/mol. The Morgan fingerprint density at radius 3 is 2.75 bits per heavy atom. The number of carboxylic acid groups (broad SMARTS) is 1. The first kappa shape index (κ1) is 11.9. The smallest absolute Gasteiger partial charge is 0.341 e. The first-order valence-electron chi connectivity index (χ1n) is 4.89. The summed E-state index contributed by atoms with van der Waals surface area (Å²) < 4.78 is 0. The number of pyridine rings is 2. The lowest BCUT2D eigenvalue weighted by Gasteiger charge is -1.97. The van der Waals surface area contributed by atoms with E-state index in [0.717, 1.165) is 0 Å². The third kappa shape index (κ3) is 2.08. The number of carboxylic acids is 1. The van der Waals surface area contributed by atoms with Gasteiger partial charge in [-0.1, -0.05) is 13.8 Å². The first-order chi connectivity index (χ1) is 7.70. The number of hydrogen-bond donors (Lipinski definition) is 2. The highest BCUT2D eigenvalue weighted by Gasteiger charge is 2.10. The van der Waals surface area contributed by atoms with Crippen LogP contribution in [0.5, 0.6) is 0 Å². The van der Waals surface area contributed by atoms with E-state index in [1.807, 2.05) is 13.8 Å². The Bertz CT molecular complexity index is 560. The molecule has 0 aromatic carbocycles. The van der Waals surface area contributed by atoms with Crippen LogP contribution in [0.3, 0.4) is 0 Å². The molecule has 2 heterocycles. The van der Waals surface area contributed by atoms with Gasteiger partial charge in [0, 0.05) is 17.8 Å². The standard InChI is InChI=1S/C9H6N2O3.C2H6/c12-8-5-1-2-10-4-7(5)11-3-6(8)9(13)14;1-2/h1-4H,(H,11,12)(H,13,14);1-2H3. The van der Waals surface area contributed by atoms with E-state index in [0.29, 0.717) is 10.9 Å². The summed E-state index contributed by atoms with van der Waals surface area (Å²) in [4.78, 5) is 28.7. The number of hydrogen-bond acceptors (Lipinski definition) is 3. The van der Waals surface area contributed by atoms with E-state index < -0.39 is 11.4 Å². The van der Waals surface area contributed by atoms with Crippen LogP contribution in [0.25, 0.3) is 10.9 Å². The Morgan fingerprint density at radius 2 is 2.12 bits per heavy atom. The van der Waals surface area contributed by atoms with E-state index in [1.54, 1.807) is 0 Å². The number of carbonyl (C=O) groups is 1. The number of aromatic carboxylic acids is 1. The summed E-state index contributed by atoms with van der Waals surface area (Å²) in [5.74, 6) is -1.23. The van der Waals surface area contributed by atoms with Gasteiger partial charge in [-0.25, -0.2) is 4.79 Å². The molecule has 2 aromatic rings. The van der Waals surface area contributed by atoms with Crippen LogP contribution in [0.4, 0.5) is 0 Å². The topological polar surface area (TPSA) is 83.0 Å². The maximum absolute atomic E-state index is 11.5. The number of nitrogens with zero attached hydrogens (tertiary/aromatic N) is 1. The molecule has 5 heteroatoms. The second-order valence-corrected chi connectivity index (χ2v) is 2.76. The first-order valence-corrected chi connectivity index (χ1v) is 4.89. The Hall–Kier alpha value is -2.17. The summed E-state index contributed by atoms with van der Waals surface area (Å²) in [5.41, 5.74) is -0.222. The Morgan fingerprint density at radius 1 is 1.44 bits per heavy atom. The van der Waals surface area contributed by atoms with Crippen molar-refractivity contribution in [2.75, 3.05) is 0 Å². The van der Waals surface area contributed by atoms with Crippen LogP contribution < -0.4 is 5.43 Å². The van der Waals surface area contributed by atoms with Gasteiger partial charge in [-0.15, -0.1) is 0 Å². The average Bonchev–Trinajstić information content (AvgIpc) is 2.32. The van der Waals surface area contributed by atoms with Crippen molar-refractivity contribution < 1.29 is 9.90 Å². The SMILES string of the molecule is CC.O=C(O)c1c[nH]c2cnccc2c1=O. The lowest BCUT2D eigenvalue weighted by atomic mass is 10.2. The molecule has 0 fully saturated rings. The largest absolute Gasteiger partial charge is 0.477 e. The molecule has 2 N–H and O–H groups in total. The zero-order valence-corrected chi connectivity index (χ0v) is 9.02. The zero-order chi connectivity index (χ0) is 12.1. The summed E-state index contributed by atoms with van der Waals surface area (Å²) in [6.07, 6.45) is 4.10. The van der Waals surface area contributed by atoms with Gasteiger partial charge in [0.25, 0.3) is 0 Å². The number of aromatic amines is 1. The highest BCUT2D eigenvalue weighted by atomic mass is 16.4. The molecule has 0 atom stereocenters. The van der Waals surface area contributed by atoms with Gasteiger partial charge in [0.1, 0.15) is 5.56 Å². The van der Waals surface area contributed by atoms with Crippen molar-refractivity contribution in [1.29, 1.82) is 0 Å². The van der Waals surface area contributed by atoms with Gasteiger partial charge >= 0.3 is 5.97 Å². The molecule has 0 radical (unpaired) electrons. The van der Waals surface area contributed by atoms with Gasteiger partial charge in [-0.05, 0) is 6.07 Å². The van der Waals surface area contributed by atoms with Gasteiger partial charge in [0.2, 0.25) is 5.43 Å². The van der Waals surface area contributed by atoms with Gasteiger partial charge in [0.05, 0.1) is 11.7 Å². The molecule has 0 saturated carbocycles. The minimum Gasteiger partial charge on any atom is -0.477 e. The molecule has 2 rings (SSSR count). The molecule has 84 valence electrons. The molecule has 5 nitrogen and oxygen atoms in total. The van der Waals surface area contributed by atoms with Crippen molar-refractivity contribution in [1.82, 2.24) is 9.97 Å². The van der Waals surface area contributed by atoms with E-state index in [9.17, 15) is 9.59 Å². The summed E-state index contributed by atoms with van der Waals surface area (Å²) >= 11 is 0. The van der Waals surface area contributed by atoms with Crippen molar-refractivity contribution in [2.45, 2.75) is 13.8 Å². The Kier molecular flexibility index (Phi) is 3.77. The van der Waals surface area contributed by atoms with Gasteiger partial charge in [-0.3, -0.25) is 9.78 Å². The van der Waals surface area contributed by atoms with Crippen LogP contribution in [0.15, 0.2) is 29.5 Å². The van der Waals surface area contributed by atoms with Crippen LogP contribution in [-0.4, -0.2) is 21.0 Å². The highest BCUT2D eigenvalue weighted by molar-refractivity contribution is 5.91. The molecule has 0 saturated heterocycles. The average molecular weight is 220 g/mol. The predicted molar refractivity (Wildman–Crippen MR) is 60.7 cm³/mol. The molecular formula is C11H12N2O3. The minimum absolute atomic E-state index is 0.260. The Labute approximate surface area is 91.8 Å². The van der Waals surface area contributed by atoms with E-state index in [2.05, 4.69) is 9.97 Å². The lowest BCUT2D eigenvalue weighted by molar-refractivity contribution is 0.0695. The molecule has 16 heavy (non-hydrogen) atoms. The van der Waals surface area contributed by atoms with Crippen molar-refractivity contribution in [3.05, 3.63) is 40.4 Å². The van der Waals surface area contributed by atoms with Crippen LogP contribution in [0, 0.1) is 0 Å². The fourth-order valence-corrected chi connectivity index (χ4v) is 1.23. The predicted octanol–water partition coefficient (Wildman–Crippen LogP) is 1.65. The van der Waals surface area contributed by atoms with Gasteiger partial charge in [-0.2, -0.15) is 0 Å². The van der Waals surface area contributed by atoms with Gasteiger partial charge < -0.3 is 10.1 Å². The van der Waals surface area contributed by atoms with Gasteiger partial charge in [0.15, 0.2) is 0 Å². The monoisotopic (exact) mass is 220 g/mol. The number of nitrogens with one attached hydrogen (secondary N) is 1. The van der Waals surface area contributed by atoms with E-state index in [4.69, 9.17) is 5.11 Å². The maximum atomic E-state index is 11.5. The van der Waals surface area contributed by atoms with Crippen LogP contribution >= 0.6 is 0 Å². The fourth-order valence-electron chi connectivity index (χ4n) is 1.23. The van der Waals surface area contributed by atoms with Crippen molar-refractivity contribution in [3.8, 4) is 0 Å². The molecule has 0 aliphatic heterocycles. The van der Waals surface area contributed by atoms with Crippen molar-refractivity contribution in [2.24, 2.45) is 0 Å². The third-order valence-corrected chi connectivity index (χ3v) is 1.91. The number of rotatable bonds is 1. The number of H-pyrrole nitrogens is 1. The van der Waals surface area contributed by atoms with Crippen LogP contribution in [-0.2, 0) is 0 Å². The lowest BCUT2D eigenvalue weighted by Crippen LogP contribution is -2.15. The van der Waals surface area contributed by atoms with Crippen molar-refractivity contribution >= 4 is 16.9 Å². The summed E-state index contributed by atoms with van der Waals surface area (Å²) in [6, 6.07) is 1.49. The van der Waals surface area contributed by atoms with E-state index >= 15 is 0 Å². The Balaban J connectivity index is 0.000000606. The second-order valence-electron chi connectivity index (χ2n) is 2.76. The number of aromatic nitrogens is 2. The molecule has 0 aliphatic rings. The fraction of sp³-hybridized carbons (Fsp3) is 0.182. The van der Waals surface area contributed by atoms with Crippen LogP contribution in [0.1, 0.15) is 24.2 Å². The molecule has 0 bridgehead atoms. The maximum Gasteiger partial charge on any atom is 0.341 e. The molecule has 0 spiro atoms. The summed E-state index contributed by atoms with van der Waals surface area (Å²) in [7, 11) is 0. The quantitative estimate of drug-likeness (QED) is 0.765. The second kappa shape index (κ2) is 5.06. The molecule has 0 aliphatic carbocycles. The molecule has 0 amide bonds.